The Morgan fingerprint density at radius 3 is 2.43 bits per heavy atom. The Balaban J connectivity index is 1.44. The Kier molecular flexibility index (Phi) is 6.53. The molecule has 1 aliphatic rings. The Morgan fingerprint density at radius 2 is 1.66 bits per heavy atom. The van der Waals surface area contributed by atoms with E-state index >= 15 is 0 Å². The first kappa shape index (κ1) is 22.7. The number of hydrogen-bond acceptors (Lipinski definition) is 5. The molecule has 0 aliphatic heterocycles. The SMILES string of the molecule is O=C(OCc1ccccc1[N+](=O)[O-])c1cc(-c2ccc(C3CCCCC3)cc2)nc2ccccc12. The monoisotopic (exact) mass is 466 g/mol. The maximum Gasteiger partial charge on any atom is 0.339 e. The Labute approximate surface area is 203 Å². The first-order chi connectivity index (χ1) is 17.1. The molecule has 6 nitrogen and oxygen atoms in total. The van der Waals surface area contributed by atoms with Crippen LogP contribution in [0.25, 0.3) is 22.2 Å². The summed E-state index contributed by atoms with van der Waals surface area (Å²) in [6.07, 6.45) is 6.38. The maximum atomic E-state index is 13.1. The minimum absolute atomic E-state index is 0.0707. The highest BCUT2D eigenvalue weighted by atomic mass is 16.6. The maximum absolute atomic E-state index is 13.1. The zero-order chi connectivity index (χ0) is 24.2. The van der Waals surface area contributed by atoms with Gasteiger partial charge in [-0.2, -0.15) is 0 Å². The zero-order valence-electron chi connectivity index (χ0n) is 19.4. The molecule has 3 aromatic carbocycles. The summed E-state index contributed by atoms with van der Waals surface area (Å²) in [7, 11) is 0. The standard InChI is InChI=1S/C29H26N2O4/c32-29(35-19-23-10-4-7-13-28(23)31(33)34)25-18-27(30-26-12-6-5-11-24(25)26)22-16-14-21(15-17-22)20-8-2-1-3-9-20/h4-7,10-18,20H,1-3,8-9,19H2. The fraction of sp³-hybridized carbons (Fsp3) is 0.241. The summed E-state index contributed by atoms with van der Waals surface area (Å²) in [4.78, 5) is 28.7. The molecule has 0 amide bonds. The number of benzene rings is 3. The fourth-order valence-electron chi connectivity index (χ4n) is 4.89. The van der Waals surface area contributed by atoms with Crippen molar-refractivity contribution in [3.8, 4) is 11.3 Å². The Hall–Kier alpha value is -4.06. The first-order valence-corrected chi connectivity index (χ1v) is 12.0. The van der Waals surface area contributed by atoms with Gasteiger partial charge in [0.1, 0.15) is 6.61 Å². The Morgan fingerprint density at radius 1 is 0.943 bits per heavy atom. The third-order valence-electron chi connectivity index (χ3n) is 6.77. The van der Waals surface area contributed by atoms with Crippen LogP contribution in [0.5, 0.6) is 0 Å². The predicted octanol–water partition coefficient (Wildman–Crippen LogP) is 7.21. The molecule has 1 saturated carbocycles. The van der Waals surface area contributed by atoms with Crippen molar-refractivity contribution in [2.75, 3.05) is 0 Å². The van der Waals surface area contributed by atoms with Crippen LogP contribution in [-0.4, -0.2) is 15.9 Å². The van der Waals surface area contributed by atoms with Crippen molar-refractivity contribution in [3.05, 3.63) is 106 Å². The van der Waals surface area contributed by atoms with Crippen molar-refractivity contribution in [3.63, 3.8) is 0 Å². The summed E-state index contributed by atoms with van der Waals surface area (Å²) in [5, 5.41) is 12.0. The second-order valence-corrected chi connectivity index (χ2v) is 8.99. The molecule has 176 valence electrons. The van der Waals surface area contributed by atoms with Crippen molar-refractivity contribution in [2.45, 2.75) is 44.6 Å². The number of carbonyl (C=O) groups excluding carboxylic acids is 1. The van der Waals surface area contributed by atoms with Crippen LogP contribution in [0, 0.1) is 10.1 Å². The number of nitrogens with zero attached hydrogens (tertiary/aromatic N) is 2. The molecule has 35 heavy (non-hydrogen) atoms. The van der Waals surface area contributed by atoms with Crippen LogP contribution in [0.2, 0.25) is 0 Å². The summed E-state index contributed by atoms with van der Waals surface area (Å²) in [5.41, 5.74) is 4.35. The highest BCUT2D eigenvalue weighted by Crippen LogP contribution is 2.34. The minimum atomic E-state index is -0.540. The molecule has 5 rings (SSSR count). The topological polar surface area (TPSA) is 82.3 Å². The molecule has 6 heteroatoms. The average Bonchev–Trinajstić information content (AvgIpc) is 2.91. The second kappa shape index (κ2) is 10.1. The lowest BCUT2D eigenvalue weighted by molar-refractivity contribution is -0.385. The molecule has 0 atom stereocenters. The van der Waals surface area contributed by atoms with Crippen molar-refractivity contribution >= 4 is 22.6 Å². The van der Waals surface area contributed by atoms with Gasteiger partial charge in [-0.25, -0.2) is 9.78 Å². The summed E-state index contributed by atoms with van der Waals surface area (Å²) in [5.74, 6) is 0.0803. The normalized spacial score (nSPS) is 14.1. The van der Waals surface area contributed by atoms with Gasteiger partial charge in [0.2, 0.25) is 0 Å². The van der Waals surface area contributed by atoms with Crippen LogP contribution >= 0.6 is 0 Å². The van der Waals surface area contributed by atoms with Crippen LogP contribution in [0.1, 0.15) is 59.5 Å². The lowest BCUT2D eigenvalue weighted by Crippen LogP contribution is -2.08. The summed E-state index contributed by atoms with van der Waals surface area (Å²) in [6.45, 7) is -0.182. The van der Waals surface area contributed by atoms with E-state index in [0.717, 1.165) is 5.56 Å². The molecule has 0 radical (unpaired) electrons. The van der Waals surface area contributed by atoms with Crippen LogP contribution in [0.3, 0.4) is 0 Å². The predicted molar refractivity (Wildman–Crippen MR) is 135 cm³/mol. The van der Waals surface area contributed by atoms with Crippen molar-refractivity contribution in [1.29, 1.82) is 0 Å². The number of fused-ring (bicyclic) bond motifs is 1. The third-order valence-corrected chi connectivity index (χ3v) is 6.77. The number of ether oxygens (including phenoxy) is 1. The highest BCUT2D eigenvalue weighted by Gasteiger charge is 2.19. The quantitative estimate of drug-likeness (QED) is 0.170. The van der Waals surface area contributed by atoms with E-state index in [-0.39, 0.29) is 12.3 Å². The molecule has 0 saturated heterocycles. The van der Waals surface area contributed by atoms with E-state index in [1.54, 1.807) is 24.3 Å². The molecule has 0 bridgehead atoms. The molecule has 1 aromatic heterocycles. The first-order valence-electron chi connectivity index (χ1n) is 12.0. The van der Waals surface area contributed by atoms with Crippen molar-refractivity contribution < 1.29 is 14.5 Å². The van der Waals surface area contributed by atoms with Gasteiger partial charge in [-0.3, -0.25) is 10.1 Å². The molecule has 0 unspecified atom stereocenters. The van der Waals surface area contributed by atoms with Gasteiger partial charge < -0.3 is 4.74 Å². The number of hydrogen-bond donors (Lipinski definition) is 0. The van der Waals surface area contributed by atoms with Gasteiger partial charge in [-0.15, -0.1) is 0 Å². The number of pyridine rings is 1. The van der Waals surface area contributed by atoms with Crippen molar-refractivity contribution in [1.82, 2.24) is 4.98 Å². The zero-order valence-corrected chi connectivity index (χ0v) is 19.4. The molecule has 0 spiro atoms. The van der Waals surface area contributed by atoms with Crippen LogP contribution in [0.4, 0.5) is 5.69 Å². The van der Waals surface area contributed by atoms with Gasteiger partial charge in [-0.05, 0) is 42.5 Å². The summed E-state index contributed by atoms with van der Waals surface area (Å²) in [6, 6.07) is 24.0. The smallest absolute Gasteiger partial charge is 0.339 e. The largest absolute Gasteiger partial charge is 0.457 e. The van der Waals surface area contributed by atoms with Gasteiger partial charge in [0.25, 0.3) is 5.69 Å². The molecular formula is C29H26N2O4. The number of nitro benzene ring substituents is 1. The van der Waals surface area contributed by atoms with Gasteiger partial charge >= 0.3 is 5.97 Å². The van der Waals surface area contributed by atoms with E-state index in [4.69, 9.17) is 9.72 Å². The van der Waals surface area contributed by atoms with E-state index in [2.05, 4.69) is 24.3 Å². The molecule has 1 heterocycles. The molecule has 1 fully saturated rings. The van der Waals surface area contributed by atoms with E-state index in [1.165, 1.54) is 43.7 Å². The number of carbonyl (C=O) groups is 1. The number of aromatic nitrogens is 1. The van der Waals surface area contributed by atoms with Gasteiger partial charge in [0.15, 0.2) is 0 Å². The molecular weight excluding hydrogens is 440 g/mol. The van der Waals surface area contributed by atoms with Crippen LogP contribution < -0.4 is 0 Å². The molecule has 0 N–H and O–H groups in total. The fourth-order valence-corrected chi connectivity index (χ4v) is 4.89. The molecule has 4 aromatic rings. The van der Waals surface area contributed by atoms with Gasteiger partial charge in [-0.1, -0.05) is 73.9 Å². The van der Waals surface area contributed by atoms with Gasteiger partial charge in [0, 0.05) is 17.0 Å². The van der Waals surface area contributed by atoms with E-state index < -0.39 is 10.9 Å². The van der Waals surface area contributed by atoms with Crippen molar-refractivity contribution in [2.24, 2.45) is 0 Å². The second-order valence-electron chi connectivity index (χ2n) is 8.99. The lowest BCUT2D eigenvalue weighted by Gasteiger charge is -2.22. The number of para-hydroxylation sites is 2. The average molecular weight is 467 g/mol. The Bertz CT molecular complexity index is 1380. The van der Waals surface area contributed by atoms with E-state index in [9.17, 15) is 14.9 Å². The number of rotatable bonds is 6. The van der Waals surface area contributed by atoms with E-state index in [1.807, 2.05) is 24.3 Å². The lowest BCUT2D eigenvalue weighted by atomic mass is 9.84. The van der Waals surface area contributed by atoms with Gasteiger partial charge in [0.05, 0.1) is 27.3 Å². The molecule has 1 aliphatic carbocycles. The summed E-state index contributed by atoms with van der Waals surface area (Å²) >= 11 is 0. The van der Waals surface area contributed by atoms with Crippen LogP contribution in [0.15, 0.2) is 78.9 Å². The highest BCUT2D eigenvalue weighted by molar-refractivity contribution is 6.04. The van der Waals surface area contributed by atoms with Crippen LogP contribution in [-0.2, 0) is 11.3 Å². The number of esters is 1. The van der Waals surface area contributed by atoms with E-state index in [0.29, 0.717) is 33.6 Å². The summed E-state index contributed by atoms with van der Waals surface area (Å²) < 4.78 is 5.53. The number of nitro groups is 1. The minimum Gasteiger partial charge on any atom is -0.457 e. The third kappa shape index (κ3) is 4.92.